The lowest BCUT2D eigenvalue weighted by molar-refractivity contribution is -0.332. The number of hydrogen-bond acceptors (Lipinski definition) is 15. The third-order valence-corrected chi connectivity index (χ3v) is 9.49. The van der Waals surface area contributed by atoms with Gasteiger partial charge in [-0.25, -0.2) is 0 Å². The van der Waals surface area contributed by atoms with Gasteiger partial charge >= 0.3 is 11.9 Å². The van der Waals surface area contributed by atoms with Crippen LogP contribution >= 0.6 is 0 Å². The van der Waals surface area contributed by atoms with E-state index in [1.54, 1.807) is 0 Å². The molecule has 0 aromatic rings. The van der Waals surface area contributed by atoms with Gasteiger partial charge in [-0.2, -0.15) is 0 Å². The summed E-state index contributed by atoms with van der Waals surface area (Å²) in [5, 5.41) is 71.4. The third-order valence-electron chi connectivity index (χ3n) is 9.49. The second kappa shape index (κ2) is 27.8. The van der Waals surface area contributed by atoms with Gasteiger partial charge in [0.15, 0.2) is 18.7 Å². The normalized spacial score (nSPS) is 29.7. The Balaban J connectivity index is 1.91. The van der Waals surface area contributed by atoms with Crippen LogP contribution in [-0.2, 0) is 38.0 Å². The van der Waals surface area contributed by atoms with Crippen molar-refractivity contribution in [2.24, 2.45) is 0 Å². The van der Waals surface area contributed by atoms with E-state index in [1.807, 2.05) is 0 Å². The Morgan fingerprint density at radius 2 is 1.09 bits per heavy atom. The van der Waals surface area contributed by atoms with E-state index in [0.29, 0.717) is 12.8 Å². The molecule has 2 aliphatic heterocycles. The predicted octanol–water partition coefficient (Wildman–Crippen LogP) is 2.31. The van der Waals surface area contributed by atoms with E-state index in [1.165, 1.54) is 12.8 Å². The standard InChI is InChI=1S/C38H68O15/c1-3-5-7-9-11-12-13-14-15-17-19-21-30(41)51-26(23-48-29(40)20-18-16-10-8-6-4-2)24-49-37-36(47)34(45)32(43)28(53-37)25-50-38-35(46)33(44)31(42)27(22-39)52-38/h9,11,26-28,31-39,42-47H,3-8,10,12-25H2,1-2H3/b11-9-. The summed E-state index contributed by atoms with van der Waals surface area (Å²) in [6, 6.07) is 0. The van der Waals surface area contributed by atoms with Gasteiger partial charge in [0.25, 0.3) is 0 Å². The van der Waals surface area contributed by atoms with Gasteiger partial charge in [-0.1, -0.05) is 90.2 Å². The summed E-state index contributed by atoms with van der Waals surface area (Å²) in [6.45, 7) is 2.42. The average molecular weight is 765 g/mol. The smallest absolute Gasteiger partial charge is 0.306 e. The van der Waals surface area contributed by atoms with Crippen molar-refractivity contribution in [2.75, 3.05) is 26.4 Å². The summed E-state index contributed by atoms with van der Waals surface area (Å²) in [7, 11) is 0. The van der Waals surface area contributed by atoms with Gasteiger partial charge < -0.3 is 64.2 Å². The van der Waals surface area contributed by atoms with Crippen LogP contribution in [0.4, 0.5) is 0 Å². The van der Waals surface area contributed by atoms with Gasteiger partial charge in [0.1, 0.15) is 55.4 Å². The van der Waals surface area contributed by atoms with E-state index < -0.39 is 92.7 Å². The molecule has 0 amide bonds. The molecule has 2 aliphatic rings. The van der Waals surface area contributed by atoms with Crippen LogP contribution in [-0.4, -0.2) is 142 Å². The second-order valence-corrected chi connectivity index (χ2v) is 14.1. The van der Waals surface area contributed by atoms with Crippen molar-refractivity contribution in [2.45, 2.75) is 191 Å². The number of esters is 2. The Hall–Kier alpha value is -1.76. The summed E-state index contributed by atoms with van der Waals surface area (Å²) >= 11 is 0. The number of aliphatic hydroxyl groups excluding tert-OH is 7. The third kappa shape index (κ3) is 18.2. The zero-order valence-corrected chi connectivity index (χ0v) is 31.8. The molecule has 11 unspecified atom stereocenters. The first-order chi connectivity index (χ1) is 25.5. The minimum Gasteiger partial charge on any atom is -0.462 e. The highest BCUT2D eigenvalue weighted by Crippen LogP contribution is 2.26. The number of aliphatic hydroxyl groups is 7. The zero-order chi connectivity index (χ0) is 39.0. The lowest BCUT2D eigenvalue weighted by Crippen LogP contribution is -2.61. The van der Waals surface area contributed by atoms with Crippen LogP contribution in [0, 0.1) is 0 Å². The molecule has 0 aromatic carbocycles. The molecule has 0 aromatic heterocycles. The Labute approximate surface area is 314 Å². The zero-order valence-electron chi connectivity index (χ0n) is 31.8. The summed E-state index contributed by atoms with van der Waals surface area (Å²) in [4.78, 5) is 25.3. The Bertz CT molecular complexity index is 997. The van der Waals surface area contributed by atoms with Crippen LogP contribution in [0.3, 0.4) is 0 Å². The van der Waals surface area contributed by atoms with E-state index in [4.69, 9.17) is 28.4 Å². The first-order valence-corrected chi connectivity index (χ1v) is 19.8. The fourth-order valence-corrected chi connectivity index (χ4v) is 6.08. The Kier molecular flexibility index (Phi) is 24.8. The largest absolute Gasteiger partial charge is 0.462 e. The van der Waals surface area contributed by atoms with Crippen LogP contribution in [0.25, 0.3) is 0 Å². The molecule has 53 heavy (non-hydrogen) atoms. The maximum absolute atomic E-state index is 12.8. The molecule has 2 saturated heterocycles. The number of ether oxygens (including phenoxy) is 6. The molecule has 0 spiro atoms. The van der Waals surface area contributed by atoms with Crippen molar-refractivity contribution in [3.63, 3.8) is 0 Å². The maximum atomic E-state index is 12.8. The van der Waals surface area contributed by atoms with Crippen molar-refractivity contribution in [1.29, 1.82) is 0 Å². The van der Waals surface area contributed by atoms with Crippen molar-refractivity contribution >= 4 is 11.9 Å². The van der Waals surface area contributed by atoms with Gasteiger partial charge in [-0.3, -0.25) is 9.59 Å². The van der Waals surface area contributed by atoms with E-state index in [0.717, 1.165) is 70.6 Å². The molecule has 0 aliphatic carbocycles. The Morgan fingerprint density at radius 1 is 0.585 bits per heavy atom. The number of allylic oxidation sites excluding steroid dienone is 2. The van der Waals surface area contributed by atoms with Crippen molar-refractivity contribution in [3.8, 4) is 0 Å². The fraction of sp³-hybridized carbons (Fsp3) is 0.895. The molecule has 0 saturated carbocycles. The van der Waals surface area contributed by atoms with Gasteiger partial charge in [0.2, 0.25) is 0 Å². The van der Waals surface area contributed by atoms with Crippen LogP contribution in [0.1, 0.15) is 123 Å². The first kappa shape index (κ1) is 47.4. The molecular weight excluding hydrogens is 696 g/mol. The van der Waals surface area contributed by atoms with E-state index in [-0.39, 0.29) is 26.1 Å². The lowest BCUT2D eigenvalue weighted by Gasteiger charge is -2.42. The molecule has 0 radical (unpaired) electrons. The van der Waals surface area contributed by atoms with Crippen LogP contribution in [0.15, 0.2) is 12.2 Å². The quantitative estimate of drug-likeness (QED) is 0.0344. The SMILES string of the molecule is CCCC/C=C\CCCCCCCC(=O)OC(COC(=O)CCCCCCCC)COC1OC(COC2OC(CO)C(O)C(O)C2O)C(O)C(O)C1O. The summed E-state index contributed by atoms with van der Waals surface area (Å²) in [5.41, 5.74) is 0. The monoisotopic (exact) mass is 764 g/mol. The highest BCUT2D eigenvalue weighted by Gasteiger charge is 2.47. The summed E-state index contributed by atoms with van der Waals surface area (Å²) in [5.74, 6) is -0.949. The molecule has 310 valence electrons. The lowest BCUT2D eigenvalue weighted by atomic mass is 9.98. The molecule has 15 nitrogen and oxygen atoms in total. The van der Waals surface area contributed by atoms with Crippen LogP contribution in [0.5, 0.6) is 0 Å². The topological polar surface area (TPSA) is 231 Å². The molecule has 0 bridgehead atoms. The number of unbranched alkanes of at least 4 members (excludes halogenated alkanes) is 12. The minimum absolute atomic E-state index is 0.157. The molecule has 11 atom stereocenters. The second-order valence-electron chi connectivity index (χ2n) is 14.1. The van der Waals surface area contributed by atoms with Crippen molar-refractivity contribution in [3.05, 3.63) is 12.2 Å². The molecule has 2 rings (SSSR count). The molecular formula is C38H68O15. The van der Waals surface area contributed by atoms with Crippen molar-refractivity contribution < 1.29 is 73.8 Å². The van der Waals surface area contributed by atoms with E-state index in [2.05, 4.69) is 26.0 Å². The maximum Gasteiger partial charge on any atom is 0.306 e. The predicted molar refractivity (Wildman–Crippen MR) is 192 cm³/mol. The molecule has 2 fully saturated rings. The molecule has 2 heterocycles. The minimum atomic E-state index is -1.76. The first-order valence-electron chi connectivity index (χ1n) is 19.8. The van der Waals surface area contributed by atoms with Crippen LogP contribution < -0.4 is 0 Å². The highest BCUT2D eigenvalue weighted by molar-refractivity contribution is 5.70. The Morgan fingerprint density at radius 3 is 1.72 bits per heavy atom. The van der Waals surface area contributed by atoms with Gasteiger partial charge in [-0.15, -0.1) is 0 Å². The van der Waals surface area contributed by atoms with E-state index in [9.17, 15) is 45.3 Å². The molecule has 15 heteroatoms. The van der Waals surface area contributed by atoms with Crippen molar-refractivity contribution in [1.82, 2.24) is 0 Å². The van der Waals surface area contributed by atoms with Gasteiger partial charge in [-0.05, 0) is 32.1 Å². The highest BCUT2D eigenvalue weighted by atomic mass is 16.7. The summed E-state index contributed by atoms with van der Waals surface area (Å²) < 4.78 is 33.2. The fourth-order valence-electron chi connectivity index (χ4n) is 6.08. The van der Waals surface area contributed by atoms with Gasteiger partial charge in [0.05, 0.1) is 19.8 Å². The number of hydrogen-bond donors (Lipinski definition) is 7. The summed E-state index contributed by atoms with van der Waals surface area (Å²) in [6.07, 6.45) is 3.16. The number of rotatable bonds is 28. The van der Waals surface area contributed by atoms with Gasteiger partial charge in [0, 0.05) is 12.8 Å². The van der Waals surface area contributed by atoms with E-state index >= 15 is 0 Å². The molecule has 7 N–H and O–H groups in total. The van der Waals surface area contributed by atoms with Crippen LogP contribution in [0.2, 0.25) is 0 Å². The number of carbonyl (C=O) groups is 2. The average Bonchev–Trinajstić information content (AvgIpc) is 3.15. The number of carbonyl (C=O) groups excluding carboxylic acids is 2.